The Balaban J connectivity index is 1.84. The molecule has 0 saturated heterocycles. The highest BCUT2D eigenvalue weighted by Gasteiger charge is 2.16. The third-order valence-corrected chi connectivity index (χ3v) is 6.25. The first-order chi connectivity index (χ1) is 12.9. The highest BCUT2D eigenvalue weighted by atomic mass is 32.1. The van der Waals surface area contributed by atoms with Gasteiger partial charge in [0.25, 0.3) is 0 Å². The predicted octanol–water partition coefficient (Wildman–Crippen LogP) is 6.55. The Morgan fingerprint density at radius 3 is 1.96 bits per heavy atom. The van der Waals surface area contributed by atoms with Gasteiger partial charge in [-0.2, -0.15) is 0 Å². The molecule has 3 aromatic carbocycles. The molecule has 122 valence electrons. The zero-order valence-corrected chi connectivity index (χ0v) is 14.7. The molecule has 6 aromatic rings. The average Bonchev–Trinajstić information content (AvgIpc) is 3.24. The van der Waals surface area contributed by atoms with E-state index >= 15 is 0 Å². The first-order valence-corrected chi connectivity index (χ1v) is 9.48. The third kappa shape index (κ3) is 1.78. The molecule has 0 aliphatic rings. The van der Waals surface area contributed by atoms with Gasteiger partial charge >= 0.3 is 0 Å². The van der Waals surface area contributed by atoms with Gasteiger partial charge in [0, 0.05) is 32.4 Å². The topological polar surface area (TPSA) is 17.8 Å². The molecule has 2 nitrogen and oxygen atoms in total. The van der Waals surface area contributed by atoms with E-state index in [0.717, 1.165) is 5.82 Å². The van der Waals surface area contributed by atoms with Crippen molar-refractivity contribution in [2.24, 2.45) is 0 Å². The second-order valence-corrected chi connectivity index (χ2v) is 7.53. The molecule has 0 N–H and O–H groups in total. The summed E-state index contributed by atoms with van der Waals surface area (Å²) < 4.78 is 4.85. The highest BCUT2D eigenvalue weighted by molar-refractivity contribution is 7.26. The van der Waals surface area contributed by atoms with Crippen molar-refractivity contribution in [3.8, 4) is 5.82 Å². The monoisotopic (exact) mass is 350 g/mol. The van der Waals surface area contributed by atoms with E-state index in [-0.39, 0.29) is 0 Å². The summed E-state index contributed by atoms with van der Waals surface area (Å²) in [7, 11) is 0. The van der Waals surface area contributed by atoms with Crippen LogP contribution in [0.15, 0.2) is 85.1 Å². The van der Waals surface area contributed by atoms with E-state index in [4.69, 9.17) is 4.98 Å². The van der Waals surface area contributed by atoms with Gasteiger partial charge in [-0.05, 0) is 24.3 Å². The van der Waals surface area contributed by atoms with Gasteiger partial charge in [-0.1, -0.05) is 54.6 Å². The van der Waals surface area contributed by atoms with Crippen molar-refractivity contribution in [2.75, 3.05) is 0 Å². The number of para-hydroxylation sites is 2. The van der Waals surface area contributed by atoms with Gasteiger partial charge in [0.1, 0.15) is 0 Å². The van der Waals surface area contributed by atoms with Crippen molar-refractivity contribution in [2.45, 2.75) is 0 Å². The molecular formula is C23H14N2S. The van der Waals surface area contributed by atoms with Crippen LogP contribution in [-0.2, 0) is 0 Å². The Morgan fingerprint density at radius 2 is 1.23 bits per heavy atom. The highest BCUT2D eigenvalue weighted by Crippen LogP contribution is 2.39. The molecule has 26 heavy (non-hydrogen) atoms. The van der Waals surface area contributed by atoms with E-state index in [2.05, 4.69) is 83.4 Å². The van der Waals surface area contributed by atoms with Crippen LogP contribution in [-0.4, -0.2) is 9.55 Å². The van der Waals surface area contributed by atoms with Crippen LogP contribution in [0.1, 0.15) is 0 Å². The lowest BCUT2D eigenvalue weighted by atomic mass is 10.2. The molecule has 3 aromatic heterocycles. The Morgan fingerprint density at radius 1 is 0.615 bits per heavy atom. The van der Waals surface area contributed by atoms with Crippen LogP contribution >= 0.6 is 11.3 Å². The van der Waals surface area contributed by atoms with Crippen LogP contribution < -0.4 is 0 Å². The molecule has 0 atom stereocenters. The standard InChI is InChI=1S/C23H14N2S/c1-4-10-19-15(7-1)16-8-2-5-11-20(16)25(19)23-22-18(13-14-24-23)17-9-3-6-12-21(17)26-22/h1-14H. The van der Waals surface area contributed by atoms with E-state index in [1.54, 1.807) is 0 Å². The van der Waals surface area contributed by atoms with Crippen molar-refractivity contribution in [1.29, 1.82) is 0 Å². The fourth-order valence-electron chi connectivity index (χ4n) is 3.95. The zero-order chi connectivity index (χ0) is 17.1. The lowest BCUT2D eigenvalue weighted by molar-refractivity contribution is 1.11. The van der Waals surface area contributed by atoms with Gasteiger partial charge < -0.3 is 0 Å². The molecule has 0 aliphatic heterocycles. The third-order valence-electron chi connectivity index (χ3n) is 5.07. The largest absolute Gasteiger partial charge is 0.293 e. The second-order valence-electron chi connectivity index (χ2n) is 6.48. The van der Waals surface area contributed by atoms with Crippen LogP contribution in [0.4, 0.5) is 0 Å². The summed E-state index contributed by atoms with van der Waals surface area (Å²) in [4.78, 5) is 4.82. The van der Waals surface area contributed by atoms with Gasteiger partial charge in [0.15, 0.2) is 5.82 Å². The molecular weight excluding hydrogens is 336 g/mol. The molecule has 0 spiro atoms. The number of nitrogens with zero attached hydrogens (tertiary/aromatic N) is 2. The Labute approximate surface area is 153 Å². The Bertz CT molecular complexity index is 1390. The fraction of sp³-hybridized carbons (Fsp3) is 0. The van der Waals surface area contributed by atoms with Crippen LogP contribution in [0, 0.1) is 0 Å². The van der Waals surface area contributed by atoms with Gasteiger partial charge in [-0.25, -0.2) is 4.98 Å². The molecule has 0 fully saturated rings. The Hall–Kier alpha value is -3.17. The molecule has 0 unspecified atom stereocenters. The Kier molecular flexibility index (Phi) is 2.79. The van der Waals surface area contributed by atoms with Crippen molar-refractivity contribution < 1.29 is 0 Å². The molecule has 3 heterocycles. The maximum atomic E-state index is 4.82. The fourth-order valence-corrected chi connectivity index (χ4v) is 5.13. The van der Waals surface area contributed by atoms with Crippen LogP contribution in [0.2, 0.25) is 0 Å². The minimum absolute atomic E-state index is 1.01. The van der Waals surface area contributed by atoms with E-state index < -0.39 is 0 Å². The van der Waals surface area contributed by atoms with Crippen molar-refractivity contribution in [3.05, 3.63) is 85.1 Å². The van der Waals surface area contributed by atoms with Gasteiger partial charge in [-0.3, -0.25) is 4.57 Å². The van der Waals surface area contributed by atoms with E-state index in [0.29, 0.717) is 0 Å². The first kappa shape index (κ1) is 14.0. The van der Waals surface area contributed by atoms with Gasteiger partial charge in [0.05, 0.1) is 15.7 Å². The molecule has 3 heteroatoms. The summed E-state index contributed by atoms with van der Waals surface area (Å²) >= 11 is 1.82. The summed E-state index contributed by atoms with van der Waals surface area (Å²) in [5, 5.41) is 5.11. The van der Waals surface area contributed by atoms with Crippen molar-refractivity contribution in [1.82, 2.24) is 9.55 Å². The number of pyridine rings is 1. The number of rotatable bonds is 1. The van der Waals surface area contributed by atoms with E-state index in [1.165, 1.54) is 42.0 Å². The molecule has 0 saturated carbocycles. The SMILES string of the molecule is c1ccc2c(c1)sc1c(-n3c4ccccc4c4ccccc43)nccc12. The van der Waals surface area contributed by atoms with Crippen LogP contribution in [0.3, 0.4) is 0 Å². The molecule has 0 amide bonds. The summed E-state index contributed by atoms with van der Waals surface area (Å²) in [6.45, 7) is 0. The van der Waals surface area contributed by atoms with E-state index in [1.807, 2.05) is 17.5 Å². The van der Waals surface area contributed by atoms with E-state index in [9.17, 15) is 0 Å². The summed E-state index contributed by atoms with van der Waals surface area (Å²) in [5.41, 5.74) is 2.40. The lowest BCUT2D eigenvalue weighted by Crippen LogP contribution is -1.96. The summed E-state index contributed by atoms with van der Waals surface area (Å²) in [6, 6.07) is 27.9. The van der Waals surface area contributed by atoms with Gasteiger partial charge in [-0.15, -0.1) is 11.3 Å². The molecule has 0 radical (unpaired) electrons. The summed E-state index contributed by atoms with van der Waals surface area (Å²) in [5.74, 6) is 1.01. The quantitative estimate of drug-likeness (QED) is 0.329. The van der Waals surface area contributed by atoms with Crippen molar-refractivity contribution >= 4 is 53.3 Å². The van der Waals surface area contributed by atoms with Crippen LogP contribution in [0.5, 0.6) is 0 Å². The van der Waals surface area contributed by atoms with Crippen LogP contribution in [0.25, 0.3) is 47.8 Å². The zero-order valence-electron chi connectivity index (χ0n) is 13.9. The minimum atomic E-state index is 1.01. The predicted molar refractivity (Wildman–Crippen MR) is 111 cm³/mol. The first-order valence-electron chi connectivity index (χ1n) is 8.66. The lowest BCUT2D eigenvalue weighted by Gasteiger charge is -2.07. The normalized spacial score (nSPS) is 11.8. The number of benzene rings is 3. The number of fused-ring (bicyclic) bond motifs is 6. The number of aromatic nitrogens is 2. The average molecular weight is 350 g/mol. The second kappa shape index (κ2) is 5.16. The minimum Gasteiger partial charge on any atom is -0.293 e. The maximum Gasteiger partial charge on any atom is 0.155 e. The maximum absolute atomic E-state index is 4.82. The molecule has 0 bridgehead atoms. The number of hydrogen-bond donors (Lipinski definition) is 0. The smallest absolute Gasteiger partial charge is 0.155 e. The molecule has 6 rings (SSSR count). The van der Waals surface area contributed by atoms with Crippen molar-refractivity contribution in [3.63, 3.8) is 0 Å². The number of hydrogen-bond acceptors (Lipinski definition) is 2. The van der Waals surface area contributed by atoms with Gasteiger partial charge in [0.2, 0.25) is 0 Å². The molecule has 0 aliphatic carbocycles. The number of thiophene rings is 1. The summed E-state index contributed by atoms with van der Waals surface area (Å²) in [6.07, 6.45) is 1.93.